The monoisotopic (exact) mass is 521 g/mol. The van der Waals surface area contributed by atoms with Gasteiger partial charge < -0.3 is 29.0 Å². The van der Waals surface area contributed by atoms with E-state index in [1.165, 1.54) is 46.8 Å². The van der Waals surface area contributed by atoms with Crippen LogP contribution in [0.1, 0.15) is 26.3 Å². The molecule has 2 N–H and O–H groups in total. The lowest BCUT2D eigenvalue weighted by Gasteiger charge is -2.13. The lowest BCUT2D eigenvalue weighted by atomic mass is 10.2. The molecule has 38 heavy (non-hydrogen) atoms. The van der Waals surface area contributed by atoms with Crippen molar-refractivity contribution in [2.24, 2.45) is 5.10 Å². The van der Waals surface area contributed by atoms with Gasteiger partial charge in [0, 0.05) is 0 Å². The number of rotatable bonds is 11. The molecule has 11 nitrogen and oxygen atoms in total. The van der Waals surface area contributed by atoms with Gasteiger partial charge in [0.25, 0.3) is 11.8 Å². The maximum atomic E-state index is 12.6. The van der Waals surface area contributed by atoms with Gasteiger partial charge in [-0.3, -0.25) is 9.59 Å². The summed E-state index contributed by atoms with van der Waals surface area (Å²) in [6, 6.07) is 16.1. The van der Waals surface area contributed by atoms with Gasteiger partial charge in [-0.25, -0.2) is 10.2 Å². The van der Waals surface area contributed by atoms with Gasteiger partial charge in [0.05, 0.1) is 52.3 Å². The number of hydrazone groups is 1. The Bertz CT molecular complexity index is 1300. The van der Waals surface area contributed by atoms with Gasteiger partial charge in [-0.05, 0) is 54.1 Å². The molecule has 11 heteroatoms. The molecule has 0 fully saturated rings. The maximum absolute atomic E-state index is 12.6. The fraction of sp³-hybridized carbons (Fsp3) is 0.185. The summed E-state index contributed by atoms with van der Waals surface area (Å²) in [6.07, 6.45) is 1.41. The maximum Gasteiger partial charge on any atom is 0.343 e. The van der Waals surface area contributed by atoms with E-state index >= 15 is 0 Å². The Morgan fingerprint density at radius 1 is 0.816 bits per heavy atom. The van der Waals surface area contributed by atoms with Crippen molar-refractivity contribution in [3.05, 3.63) is 77.4 Å². The minimum Gasteiger partial charge on any atom is -0.496 e. The standard InChI is InChI=1S/C27H27N3O8/c1-34-21-8-6-5-7-20(21)26(32)28-16-24(31)30-29-15-17-9-11-19(12-10-17)38-27(33)18-13-22(35-2)25(37-4)23(14-18)36-3/h5-15H,16H2,1-4H3,(H,28,32)(H,30,31)/b29-15+. The highest BCUT2D eigenvalue weighted by molar-refractivity contribution is 5.98. The van der Waals surface area contributed by atoms with Crippen molar-refractivity contribution in [2.45, 2.75) is 0 Å². The van der Waals surface area contributed by atoms with E-state index in [9.17, 15) is 14.4 Å². The zero-order valence-electron chi connectivity index (χ0n) is 21.3. The molecule has 0 aliphatic carbocycles. The van der Waals surface area contributed by atoms with Crippen LogP contribution in [0.4, 0.5) is 0 Å². The van der Waals surface area contributed by atoms with E-state index in [4.69, 9.17) is 23.7 Å². The summed E-state index contributed by atoms with van der Waals surface area (Å²) in [5.74, 6) is 0.136. The molecule has 2 amide bonds. The minimum atomic E-state index is -0.617. The van der Waals surface area contributed by atoms with Gasteiger partial charge in [0.2, 0.25) is 5.75 Å². The van der Waals surface area contributed by atoms with Crippen molar-refractivity contribution in [3.8, 4) is 28.7 Å². The van der Waals surface area contributed by atoms with Crippen LogP contribution in [-0.4, -0.2) is 59.0 Å². The number of para-hydroxylation sites is 1. The third-order valence-electron chi connectivity index (χ3n) is 5.16. The van der Waals surface area contributed by atoms with Crippen LogP contribution < -0.4 is 34.4 Å². The van der Waals surface area contributed by atoms with Crippen molar-refractivity contribution in [1.29, 1.82) is 0 Å². The topological polar surface area (TPSA) is 134 Å². The Labute approximate surface area is 219 Å². The number of benzene rings is 3. The molecule has 0 atom stereocenters. The number of hydrogen-bond acceptors (Lipinski definition) is 9. The Morgan fingerprint density at radius 2 is 1.45 bits per heavy atom. The molecule has 0 aromatic heterocycles. The second kappa shape index (κ2) is 13.3. The third kappa shape index (κ3) is 7.00. The summed E-state index contributed by atoms with van der Waals surface area (Å²) in [7, 11) is 5.83. The Balaban J connectivity index is 1.53. The molecule has 3 rings (SSSR count). The van der Waals surface area contributed by atoms with Crippen LogP contribution in [0.2, 0.25) is 0 Å². The fourth-order valence-corrected chi connectivity index (χ4v) is 3.29. The molecule has 0 heterocycles. The third-order valence-corrected chi connectivity index (χ3v) is 5.16. The van der Waals surface area contributed by atoms with Gasteiger partial charge in [-0.15, -0.1) is 0 Å². The van der Waals surface area contributed by atoms with E-state index in [-0.39, 0.29) is 12.1 Å². The minimum absolute atomic E-state index is 0.214. The summed E-state index contributed by atoms with van der Waals surface area (Å²) in [6.45, 7) is -0.274. The second-order valence-corrected chi connectivity index (χ2v) is 7.55. The van der Waals surface area contributed by atoms with Crippen molar-refractivity contribution < 1.29 is 38.1 Å². The van der Waals surface area contributed by atoms with Crippen LogP contribution in [-0.2, 0) is 4.79 Å². The van der Waals surface area contributed by atoms with E-state index < -0.39 is 17.8 Å². The largest absolute Gasteiger partial charge is 0.496 e. The van der Waals surface area contributed by atoms with Crippen LogP contribution in [0.3, 0.4) is 0 Å². The van der Waals surface area contributed by atoms with E-state index in [0.29, 0.717) is 39.9 Å². The summed E-state index contributed by atoms with van der Waals surface area (Å²) in [5, 5.41) is 6.38. The van der Waals surface area contributed by atoms with Gasteiger partial charge in [-0.1, -0.05) is 12.1 Å². The molecule has 0 unspecified atom stereocenters. The van der Waals surface area contributed by atoms with Crippen LogP contribution in [0, 0.1) is 0 Å². The molecule has 0 bridgehead atoms. The number of carbonyl (C=O) groups excluding carboxylic acids is 3. The van der Waals surface area contributed by atoms with Crippen LogP contribution in [0.15, 0.2) is 65.8 Å². The van der Waals surface area contributed by atoms with Crippen molar-refractivity contribution in [3.63, 3.8) is 0 Å². The molecule has 0 aliphatic heterocycles. The first kappa shape index (κ1) is 27.5. The van der Waals surface area contributed by atoms with Crippen LogP contribution in [0.5, 0.6) is 28.7 Å². The number of esters is 1. The highest BCUT2D eigenvalue weighted by Crippen LogP contribution is 2.38. The molecule has 198 valence electrons. The lowest BCUT2D eigenvalue weighted by molar-refractivity contribution is -0.120. The molecule has 0 spiro atoms. The zero-order valence-corrected chi connectivity index (χ0v) is 21.3. The van der Waals surface area contributed by atoms with E-state index in [2.05, 4.69) is 15.8 Å². The molecular weight excluding hydrogens is 494 g/mol. The Hall–Kier alpha value is -5.06. The average Bonchev–Trinajstić information content (AvgIpc) is 2.95. The number of ether oxygens (including phenoxy) is 5. The molecule has 0 aliphatic rings. The summed E-state index contributed by atoms with van der Waals surface area (Å²) in [5.41, 5.74) is 3.50. The average molecular weight is 522 g/mol. The van der Waals surface area contributed by atoms with Gasteiger partial charge in [-0.2, -0.15) is 5.10 Å². The first-order valence-electron chi connectivity index (χ1n) is 11.3. The summed E-state index contributed by atoms with van der Waals surface area (Å²) >= 11 is 0. The highest BCUT2D eigenvalue weighted by atomic mass is 16.5. The predicted molar refractivity (Wildman–Crippen MR) is 139 cm³/mol. The normalized spacial score (nSPS) is 10.4. The lowest BCUT2D eigenvalue weighted by Crippen LogP contribution is -2.35. The molecule has 0 saturated heterocycles. The first-order chi connectivity index (χ1) is 18.4. The second-order valence-electron chi connectivity index (χ2n) is 7.55. The van der Waals surface area contributed by atoms with Gasteiger partial charge in [0.15, 0.2) is 11.5 Å². The molecular formula is C27H27N3O8. The van der Waals surface area contributed by atoms with Crippen molar-refractivity contribution >= 4 is 24.0 Å². The molecule has 3 aromatic carbocycles. The number of nitrogens with one attached hydrogen (secondary N) is 2. The number of nitrogens with zero attached hydrogens (tertiary/aromatic N) is 1. The highest BCUT2D eigenvalue weighted by Gasteiger charge is 2.18. The van der Waals surface area contributed by atoms with Crippen LogP contribution >= 0.6 is 0 Å². The number of amides is 2. The zero-order chi connectivity index (χ0) is 27.5. The van der Waals surface area contributed by atoms with Crippen molar-refractivity contribution in [1.82, 2.24) is 10.7 Å². The molecule has 0 radical (unpaired) electrons. The number of methoxy groups -OCH3 is 4. The SMILES string of the molecule is COc1ccccc1C(=O)NCC(=O)N/N=C/c1ccc(OC(=O)c2cc(OC)c(OC)c(OC)c2)cc1. The smallest absolute Gasteiger partial charge is 0.343 e. The molecule has 3 aromatic rings. The fourth-order valence-electron chi connectivity index (χ4n) is 3.29. The Kier molecular flexibility index (Phi) is 9.64. The first-order valence-corrected chi connectivity index (χ1v) is 11.3. The number of carbonyl (C=O) groups is 3. The summed E-state index contributed by atoms with van der Waals surface area (Å²) < 4.78 is 26.3. The molecule has 0 saturated carbocycles. The predicted octanol–water partition coefficient (Wildman–Crippen LogP) is 2.82. The summed E-state index contributed by atoms with van der Waals surface area (Å²) in [4.78, 5) is 36.9. The quantitative estimate of drug-likeness (QED) is 0.170. The van der Waals surface area contributed by atoms with E-state index in [1.807, 2.05) is 0 Å². The van der Waals surface area contributed by atoms with Crippen molar-refractivity contribution in [2.75, 3.05) is 35.0 Å². The van der Waals surface area contributed by atoms with E-state index in [1.54, 1.807) is 48.5 Å². The Morgan fingerprint density at radius 3 is 2.05 bits per heavy atom. The van der Waals surface area contributed by atoms with E-state index in [0.717, 1.165) is 0 Å². The number of hydrogen-bond donors (Lipinski definition) is 2. The van der Waals surface area contributed by atoms with Gasteiger partial charge >= 0.3 is 5.97 Å². The van der Waals surface area contributed by atoms with Gasteiger partial charge in [0.1, 0.15) is 11.5 Å². The van der Waals surface area contributed by atoms with Crippen LogP contribution in [0.25, 0.3) is 0 Å².